The summed E-state index contributed by atoms with van der Waals surface area (Å²) in [5.41, 5.74) is 7.15. The number of amides is 2. The SMILES string of the molecule is CC(C)(C)C(=O)NCc1ccc(C(=O)N2CCC(N)CC2)cc1. The van der Waals surface area contributed by atoms with Gasteiger partial charge in [0.2, 0.25) is 5.91 Å². The Bertz CT molecular complexity index is 553. The molecular formula is C18H27N3O2. The van der Waals surface area contributed by atoms with Crippen LogP contribution in [0.1, 0.15) is 49.5 Å². The molecule has 1 saturated heterocycles. The molecule has 2 amide bonds. The second-order valence-electron chi connectivity index (χ2n) is 7.26. The van der Waals surface area contributed by atoms with Gasteiger partial charge in [0.25, 0.3) is 5.91 Å². The minimum absolute atomic E-state index is 0.0160. The van der Waals surface area contributed by atoms with Gasteiger partial charge in [-0.25, -0.2) is 0 Å². The van der Waals surface area contributed by atoms with E-state index in [0.717, 1.165) is 31.5 Å². The second-order valence-corrected chi connectivity index (χ2v) is 7.26. The van der Waals surface area contributed by atoms with E-state index in [2.05, 4.69) is 5.32 Å². The standard InChI is InChI=1S/C18H27N3O2/c1-18(2,3)17(23)20-12-13-4-6-14(7-5-13)16(22)21-10-8-15(19)9-11-21/h4-7,15H,8-12,19H2,1-3H3,(H,20,23). The highest BCUT2D eigenvalue weighted by Crippen LogP contribution is 2.15. The third-order valence-electron chi connectivity index (χ3n) is 4.16. The molecule has 5 heteroatoms. The topological polar surface area (TPSA) is 75.4 Å². The highest BCUT2D eigenvalue weighted by atomic mass is 16.2. The Kier molecular flexibility index (Phi) is 5.42. The molecule has 0 saturated carbocycles. The quantitative estimate of drug-likeness (QED) is 0.894. The van der Waals surface area contributed by atoms with Crippen LogP contribution in [0.25, 0.3) is 0 Å². The maximum Gasteiger partial charge on any atom is 0.253 e. The Morgan fingerprint density at radius 3 is 2.26 bits per heavy atom. The second kappa shape index (κ2) is 7.13. The molecule has 1 aromatic rings. The third kappa shape index (κ3) is 4.79. The van der Waals surface area contributed by atoms with Crippen molar-refractivity contribution in [2.24, 2.45) is 11.1 Å². The Balaban J connectivity index is 1.91. The maximum atomic E-state index is 12.4. The average Bonchev–Trinajstić information content (AvgIpc) is 2.52. The molecule has 23 heavy (non-hydrogen) atoms. The van der Waals surface area contributed by atoms with Crippen molar-refractivity contribution >= 4 is 11.8 Å². The lowest BCUT2D eigenvalue weighted by Crippen LogP contribution is -2.42. The minimum atomic E-state index is -0.398. The molecule has 1 fully saturated rings. The summed E-state index contributed by atoms with van der Waals surface area (Å²) in [6, 6.07) is 7.66. The highest BCUT2D eigenvalue weighted by Gasteiger charge is 2.22. The number of carbonyl (C=O) groups is 2. The highest BCUT2D eigenvalue weighted by molar-refractivity contribution is 5.94. The van der Waals surface area contributed by atoms with Gasteiger partial charge in [0, 0.05) is 36.7 Å². The van der Waals surface area contributed by atoms with E-state index in [1.54, 1.807) is 0 Å². The van der Waals surface area contributed by atoms with Gasteiger partial charge < -0.3 is 16.0 Å². The summed E-state index contributed by atoms with van der Waals surface area (Å²) >= 11 is 0. The Labute approximate surface area is 138 Å². The van der Waals surface area contributed by atoms with Crippen LogP contribution in [0.3, 0.4) is 0 Å². The van der Waals surface area contributed by atoms with Gasteiger partial charge in [-0.1, -0.05) is 32.9 Å². The van der Waals surface area contributed by atoms with E-state index in [0.29, 0.717) is 12.1 Å². The zero-order chi connectivity index (χ0) is 17.0. The van der Waals surface area contributed by atoms with E-state index in [9.17, 15) is 9.59 Å². The zero-order valence-electron chi connectivity index (χ0n) is 14.3. The molecule has 2 rings (SSSR count). The molecule has 1 aliphatic heterocycles. The molecule has 1 heterocycles. The van der Waals surface area contributed by atoms with E-state index in [-0.39, 0.29) is 17.9 Å². The third-order valence-corrected chi connectivity index (χ3v) is 4.16. The summed E-state index contributed by atoms with van der Waals surface area (Å²) < 4.78 is 0. The molecule has 1 aliphatic rings. The molecule has 0 bridgehead atoms. The van der Waals surface area contributed by atoms with Crippen molar-refractivity contribution in [2.75, 3.05) is 13.1 Å². The van der Waals surface area contributed by atoms with Crippen molar-refractivity contribution < 1.29 is 9.59 Å². The van der Waals surface area contributed by atoms with E-state index < -0.39 is 5.41 Å². The Morgan fingerprint density at radius 2 is 1.74 bits per heavy atom. The largest absolute Gasteiger partial charge is 0.352 e. The summed E-state index contributed by atoms with van der Waals surface area (Å²) in [5.74, 6) is 0.0736. The number of nitrogens with two attached hydrogens (primary N) is 1. The van der Waals surface area contributed by atoms with Crippen molar-refractivity contribution in [3.05, 3.63) is 35.4 Å². The summed E-state index contributed by atoms with van der Waals surface area (Å²) in [5, 5.41) is 2.91. The Morgan fingerprint density at radius 1 is 1.17 bits per heavy atom. The first-order valence-corrected chi connectivity index (χ1v) is 8.19. The molecule has 126 valence electrons. The fourth-order valence-electron chi connectivity index (χ4n) is 2.50. The van der Waals surface area contributed by atoms with Gasteiger partial charge >= 0.3 is 0 Å². The number of piperidine rings is 1. The number of rotatable bonds is 3. The fraction of sp³-hybridized carbons (Fsp3) is 0.556. The number of likely N-dealkylation sites (tertiary alicyclic amines) is 1. The minimum Gasteiger partial charge on any atom is -0.352 e. The van der Waals surface area contributed by atoms with Crippen LogP contribution in [0.2, 0.25) is 0 Å². The number of nitrogens with zero attached hydrogens (tertiary/aromatic N) is 1. The normalized spacial score (nSPS) is 16.3. The lowest BCUT2D eigenvalue weighted by atomic mass is 9.95. The first-order valence-electron chi connectivity index (χ1n) is 8.19. The van der Waals surface area contributed by atoms with Gasteiger partial charge in [0.1, 0.15) is 0 Å². The van der Waals surface area contributed by atoms with E-state index >= 15 is 0 Å². The van der Waals surface area contributed by atoms with Gasteiger partial charge in [-0.05, 0) is 30.5 Å². The van der Waals surface area contributed by atoms with Crippen LogP contribution in [0.4, 0.5) is 0 Å². The summed E-state index contributed by atoms with van der Waals surface area (Å²) in [4.78, 5) is 26.2. The molecule has 1 aromatic carbocycles. The smallest absolute Gasteiger partial charge is 0.253 e. The van der Waals surface area contributed by atoms with Crippen LogP contribution >= 0.6 is 0 Å². The van der Waals surface area contributed by atoms with E-state index in [4.69, 9.17) is 5.73 Å². The Hall–Kier alpha value is -1.88. The predicted octanol–water partition coefficient (Wildman–Crippen LogP) is 1.91. The van der Waals surface area contributed by atoms with Crippen molar-refractivity contribution in [1.82, 2.24) is 10.2 Å². The summed E-state index contributed by atoms with van der Waals surface area (Å²) in [7, 11) is 0. The average molecular weight is 317 g/mol. The molecule has 5 nitrogen and oxygen atoms in total. The van der Waals surface area contributed by atoms with E-state index in [1.807, 2.05) is 49.9 Å². The molecule has 0 spiro atoms. The van der Waals surface area contributed by atoms with Gasteiger partial charge in [0.15, 0.2) is 0 Å². The number of carbonyl (C=O) groups excluding carboxylic acids is 2. The maximum absolute atomic E-state index is 12.4. The number of hydrogen-bond donors (Lipinski definition) is 2. The van der Waals surface area contributed by atoms with Crippen LogP contribution in [0, 0.1) is 5.41 Å². The van der Waals surface area contributed by atoms with Crippen LogP contribution in [0.15, 0.2) is 24.3 Å². The van der Waals surface area contributed by atoms with Crippen molar-refractivity contribution in [1.29, 1.82) is 0 Å². The van der Waals surface area contributed by atoms with Crippen LogP contribution in [-0.4, -0.2) is 35.8 Å². The van der Waals surface area contributed by atoms with Crippen LogP contribution in [0.5, 0.6) is 0 Å². The number of hydrogen-bond acceptors (Lipinski definition) is 3. The van der Waals surface area contributed by atoms with Crippen molar-refractivity contribution in [2.45, 2.75) is 46.2 Å². The van der Waals surface area contributed by atoms with Gasteiger partial charge in [-0.15, -0.1) is 0 Å². The summed E-state index contributed by atoms with van der Waals surface area (Å²) in [6.45, 7) is 7.58. The molecule has 0 unspecified atom stereocenters. The van der Waals surface area contributed by atoms with Crippen molar-refractivity contribution in [3.63, 3.8) is 0 Å². The lowest BCUT2D eigenvalue weighted by molar-refractivity contribution is -0.128. The fourth-order valence-corrected chi connectivity index (χ4v) is 2.50. The van der Waals surface area contributed by atoms with Gasteiger partial charge in [-0.3, -0.25) is 9.59 Å². The first kappa shape index (κ1) is 17.5. The lowest BCUT2D eigenvalue weighted by Gasteiger charge is -2.30. The van der Waals surface area contributed by atoms with Gasteiger partial charge in [-0.2, -0.15) is 0 Å². The molecular weight excluding hydrogens is 290 g/mol. The summed E-state index contributed by atoms with van der Waals surface area (Å²) in [6.07, 6.45) is 1.73. The number of benzene rings is 1. The number of nitrogens with one attached hydrogen (secondary N) is 1. The monoisotopic (exact) mass is 317 g/mol. The first-order chi connectivity index (χ1) is 10.8. The zero-order valence-corrected chi connectivity index (χ0v) is 14.3. The molecule has 0 radical (unpaired) electrons. The van der Waals surface area contributed by atoms with E-state index in [1.165, 1.54) is 0 Å². The molecule has 0 atom stereocenters. The van der Waals surface area contributed by atoms with Crippen molar-refractivity contribution in [3.8, 4) is 0 Å². The predicted molar refractivity (Wildman–Crippen MR) is 90.9 cm³/mol. The van der Waals surface area contributed by atoms with Gasteiger partial charge in [0.05, 0.1) is 0 Å². The van der Waals surface area contributed by atoms with Crippen LogP contribution < -0.4 is 11.1 Å². The van der Waals surface area contributed by atoms with Crippen LogP contribution in [-0.2, 0) is 11.3 Å². The molecule has 3 N–H and O–H groups in total. The molecule has 0 aromatic heterocycles. The molecule has 0 aliphatic carbocycles.